The van der Waals surface area contributed by atoms with Crippen LogP contribution in [-0.4, -0.2) is 54.9 Å². The molecule has 2 amide bonds. The van der Waals surface area contributed by atoms with E-state index in [1.165, 1.54) is 11.9 Å². The molecule has 0 aromatic heterocycles. The van der Waals surface area contributed by atoms with Gasteiger partial charge in [-0.3, -0.25) is 9.59 Å². The van der Waals surface area contributed by atoms with Crippen LogP contribution in [0.15, 0.2) is 18.2 Å². The van der Waals surface area contributed by atoms with Gasteiger partial charge in [-0.2, -0.15) is 8.78 Å². The van der Waals surface area contributed by atoms with Crippen LogP contribution in [0, 0.1) is 5.82 Å². The molecule has 0 aliphatic carbocycles. The Kier molecular flexibility index (Phi) is 5.46. The molecule has 1 heterocycles. The molecule has 0 atom stereocenters. The maximum atomic E-state index is 13.2. The monoisotopic (exact) mass is 330 g/mol. The highest BCUT2D eigenvalue weighted by molar-refractivity contribution is 5.96. The quantitative estimate of drug-likeness (QED) is 0.803. The second kappa shape index (κ2) is 7.34. The van der Waals surface area contributed by atoms with Crippen LogP contribution in [0.25, 0.3) is 0 Å². The number of ether oxygens (including phenoxy) is 1. The van der Waals surface area contributed by atoms with Crippen LogP contribution in [0.4, 0.5) is 13.2 Å². The summed E-state index contributed by atoms with van der Waals surface area (Å²) in [7, 11) is 1.48. The van der Waals surface area contributed by atoms with E-state index in [-0.39, 0.29) is 18.0 Å². The van der Waals surface area contributed by atoms with Crippen molar-refractivity contribution in [3.8, 4) is 5.75 Å². The number of likely N-dealkylation sites (N-methyl/N-ethyl adjacent to an activating group) is 1. The Morgan fingerprint density at radius 2 is 2.17 bits per heavy atom. The van der Waals surface area contributed by atoms with Gasteiger partial charge in [0.1, 0.15) is 11.6 Å². The minimum atomic E-state index is -3.16. The molecule has 2 rings (SSSR count). The van der Waals surface area contributed by atoms with Gasteiger partial charge in [-0.05, 0) is 18.6 Å². The van der Waals surface area contributed by atoms with E-state index in [1.54, 1.807) is 4.90 Å². The Balaban J connectivity index is 2.05. The number of benzene rings is 1. The summed E-state index contributed by atoms with van der Waals surface area (Å²) in [4.78, 5) is 26.8. The summed E-state index contributed by atoms with van der Waals surface area (Å²) < 4.78 is 42.1. The topological polar surface area (TPSA) is 49.9 Å². The lowest BCUT2D eigenvalue weighted by atomic mass is 10.1. The average Bonchev–Trinajstić information content (AvgIpc) is 2.89. The van der Waals surface area contributed by atoms with Crippen LogP contribution in [0.2, 0.25) is 0 Å². The van der Waals surface area contributed by atoms with Gasteiger partial charge in [0.2, 0.25) is 5.91 Å². The Bertz CT molecular complexity index is 595. The maximum Gasteiger partial charge on any atom is 0.387 e. The molecule has 5 nitrogen and oxygen atoms in total. The number of rotatable bonds is 6. The van der Waals surface area contributed by atoms with Crippen LogP contribution in [-0.2, 0) is 4.79 Å². The molecule has 0 radical (unpaired) electrons. The van der Waals surface area contributed by atoms with Crippen molar-refractivity contribution in [3.05, 3.63) is 29.6 Å². The zero-order chi connectivity index (χ0) is 17.0. The number of nitrogens with zero attached hydrogens (tertiary/aromatic N) is 2. The van der Waals surface area contributed by atoms with Crippen LogP contribution in [0.1, 0.15) is 23.2 Å². The van der Waals surface area contributed by atoms with Crippen molar-refractivity contribution in [3.63, 3.8) is 0 Å². The molecule has 1 aliphatic heterocycles. The summed E-state index contributed by atoms with van der Waals surface area (Å²) >= 11 is 0. The number of carbonyl (C=O) groups excluding carboxylic acids is 2. The third kappa shape index (κ3) is 4.37. The second-order valence-corrected chi connectivity index (χ2v) is 5.23. The number of halogens is 3. The third-order valence-corrected chi connectivity index (χ3v) is 3.61. The fourth-order valence-corrected chi connectivity index (χ4v) is 2.38. The highest BCUT2D eigenvalue weighted by atomic mass is 19.3. The van der Waals surface area contributed by atoms with Gasteiger partial charge < -0.3 is 14.5 Å². The van der Waals surface area contributed by atoms with E-state index in [9.17, 15) is 22.8 Å². The molecule has 126 valence electrons. The molecule has 1 aromatic rings. The molecule has 1 saturated heterocycles. The van der Waals surface area contributed by atoms with Gasteiger partial charge in [0.25, 0.3) is 5.91 Å². The van der Waals surface area contributed by atoms with Gasteiger partial charge in [0.05, 0.1) is 5.56 Å². The van der Waals surface area contributed by atoms with Gasteiger partial charge in [-0.25, -0.2) is 4.39 Å². The Hall–Kier alpha value is -2.25. The smallest absolute Gasteiger partial charge is 0.387 e. The summed E-state index contributed by atoms with van der Waals surface area (Å²) in [6.07, 6.45) is 1.29. The summed E-state index contributed by atoms with van der Waals surface area (Å²) in [5, 5.41) is 0. The number of likely N-dealkylation sites (tertiary alicyclic amines) is 1. The zero-order valence-corrected chi connectivity index (χ0v) is 12.6. The molecule has 0 spiro atoms. The van der Waals surface area contributed by atoms with Crippen molar-refractivity contribution in [1.29, 1.82) is 0 Å². The van der Waals surface area contributed by atoms with E-state index in [1.807, 2.05) is 0 Å². The van der Waals surface area contributed by atoms with Gasteiger partial charge in [0, 0.05) is 39.2 Å². The first kappa shape index (κ1) is 17.1. The fourth-order valence-electron chi connectivity index (χ4n) is 2.38. The van der Waals surface area contributed by atoms with Crippen LogP contribution < -0.4 is 4.74 Å². The summed E-state index contributed by atoms with van der Waals surface area (Å²) in [5.74, 6) is -1.82. The standard InChI is InChI=1S/C15H17F3N2O3/c1-19(7-8-20-6-2-3-13(20)21)14(22)11-5-4-10(16)9-12(11)23-15(17)18/h4-5,9,15H,2-3,6-8H2,1H3. The van der Waals surface area contributed by atoms with Crippen LogP contribution in [0.5, 0.6) is 5.75 Å². The van der Waals surface area contributed by atoms with E-state index in [2.05, 4.69) is 4.74 Å². The van der Waals surface area contributed by atoms with E-state index in [4.69, 9.17) is 0 Å². The molecule has 0 N–H and O–H groups in total. The Morgan fingerprint density at radius 1 is 1.43 bits per heavy atom. The van der Waals surface area contributed by atoms with Gasteiger partial charge in [0.15, 0.2) is 0 Å². The Labute approximate surface area is 131 Å². The predicted octanol–water partition coefficient (Wildman–Crippen LogP) is 2.12. The number of carbonyl (C=O) groups is 2. The van der Waals surface area contributed by atoms with Crippen molar-refractivity contribution in [2.75, 3.05) is 26.7 Å². The third-order valence-electron chi connectivity index (χ3n) is 3.61. The van der Waals surface area contributed by atoms with Crippen LogP contribution in [0.3, 0.4) is 0 Å². The first-order chi connectivity index (χ1) is 10.9. The van der Waals surface area contributed by atoms with Gasteiger partial charge >= 0.3 is 6.61 Å². The largest absolute Gasteiger partial charge is 0.434 e. The molecular weight excluding hydrogens is 313 g/mol. The lowest BCUT2D eigenvalue weighted by Gasteiger charge is -2.22. The number of hydrogen-bond acceptors (Lipinski definition) is 3. The lowest BCUT2D eigenvalue weighted by Crippen LogP contribution is -2.37. The van der Waals surface area contributed by atoms with Crippen molar-refractivity contribution in [1.82, 2.24) is 9.80 Å². The number of alkyl halides is 2. The van der Waals surface area contributed by atoms with Crippen molar-refractivity contribution >= 4 is 11.8 Å². The van der Waals surface area contributed by atoms with E-state index in [0.29, 0.717) is 19.5 Å². The number of amides is 2. The van der Waals surface area contributed by atoms with Gasteiger partial charge in [-0.1, -0.05) is 0 Å². The van der Waals surface area contributed by atoms with Crippen molar-refractivity contribution in [2.45, 2.75) is 19.5 Å². The van der Waals surface area contributed by atoms with Crippen molar-refractivity contribution < 1.29 is 27.5 Å². The maximum absolute atomic E-state index is 13.2. The minimum absolute atomic E-state index is 0.0364. The highest BCUT2D eigenvalue weighted by Gasteiger charge is 2.23. The molecule has 8 heteroatoms. The molecule has 23 heavy (non-hydrogen) atoms. The van der Waals surface area contributed by atoms with E-state index >= 15 is 0 Å². The average molecular weight is 330 g/mol. The summed E-state index contributed by atoms with van der Waals surface area (Å²) in [6.45, 7) is -1.89. The minimum Gasteiger partial charge on any atom is -0.434 e. The summed E-state index contributed by atoms with van der Waals surface area (Å²) in [5.41, 5.74) is -0.151. The molecule has 1 fully saturated rings. The molecule has 1 aromatic carbocycles. The zero-order valence-electron chi connectivity index (χ0n) is 12.6. The highest BCUT2D eigenvalue weighted by Crippen LogP contribution is 2.23. The van der Waals surface area contributed by atoms with Crippen LogP contribution >= 0.6 is 0 Å². The van der Waals surface area contributed by atoms with Crippen molar-refractivity contribution in [2.24, 2.45) is 0 Å². The molecule has 0 saturated carbocycles. The first-order valence-corrected chi connectivity index (χ1v) is 7.16. The molecule has 0 bridgehead atoms. The fraction of sp³-hybridized carbons (Fsp3) is 0.467. The SMILES string of the molecule is CN(CCN1CCCC1=O)C(=O)c1ccc(F)cc1OC(F)F. The lowest BCUT2D eigenvalue weighted by molar-refractivity contribution is -0.127. The van der Waals surface area contributed by atoms with E-state index in [0.717, 1.165) is 24.6 Å². The second-order valence-electron chi connectivity index (χ2n) is 5.23. The van der Waals surface area contributed by atoms with E-state index < -0.39 is 24.1 Å². The predicted molar refractivity (Wildman–Crippen MR) is 75.8 cm³/mol. The normalized spacial score (nSPS) is 14.5. The molecule has 1 aliphatic rings. The number of hydrogen-bond donors (Lipinski definition) is 0. The first-order valence-electron chi connectivity index (χ1n) is 7.16. The van der Waals surface area contributed by atoms with Gasteiger partial charge in [-0.15, -0.1) is 0 Å². The summed E-state index contributed by atoms with van der Waals surface area (Å²) in [6, 6.07) is 2.85. The molecular formula is C15H17F3N2O3. The Morgan fingerprint density at radius 3 is 2.78 bits per heavy atom. The molecule has 0 unspecified atom stereocenters.